The first-order valence-electron chi connectivity index (χ1n) is 8.12. The standard InChI is InChI=1S/C18H28N2O/c1-18(2)9-10-20(12-18)16-8-5-13-11-14(21-4)6-7-15(13)17(16)19-3/h6-7,11,16-17,19H,5,8-10,12H2,1-4H3. The molecule has 1 heterocycles. The number of hydrogen-bond donors (Lipinski definition) is 1. The van der Waals surface area contributed by atoms with Crippen molar-refractivity contribution in [1.82, 2.24) is 10.2 Å². The summed E-state index contributed by atoms with van der Waals surface area (Å²) in [6.07, 6.45) is 3.71. The topological polar surface area (TPSA) is 24.5 Å². The average Bonchev–Trinajstić information content (AvgIpc) is 2.85. The van der Waals surface area contributed by atoms with E-state index in [9.17, 15) is 0 Å². The van der Waals surface area contributed by atoms with Crippen LogP contribution in [0, 0.1) is 5.41 Å². The zero-order chi connectivity index (χ0) is 15.0. The lowest BCUT2D eigenvalue weighted by Crippen LogP contribution is -2.45. The maximum atomic E-state index is 5.37. The number of nitrogens with one attached hydrogen (secondary N) is 1. The Morgan fingerprint density at radius 3 is 2.76 bits per heavy atom. The van der Waals surface area contributed by atoms with Gasteiger partial charge in [-0.1, -0.05) is 19.9 Å². The summed E-state index contributed by atoms with van der Waals surface area (Å²) in [5.74, 6) is 0.976. The molecular weight excluding hydrogens is 260 g/mol. The average molecular weight is 288 g/mol. The number of methoxy groups -OCH3 is 1. The van der Waals surface area contributed by atoms with Gasteiger partial charge >= 0.3 is 0 Å². The molecule has 1 saturated heterocycles. The first-order chi connectivity index (χ1) is 10.0. The number of fused-ring (bicyclic) bond motifs is 1. The van der Waals surface area contributed by atoms with Crippen molar-refractivity contribution in [3.63, 3.8) is 0 Å². The smallest absolute Gasteiger partial charge is 0.119 e. The molecular formula is C18H28N2O. The quantitative estimate of drug-likeness (QED) is 0.925. The van der Waals surface area contributed by atoms with Crippen LogP contribution in [-0.4, -0.2) is 38.2 Å². The third-order valence-corrected chi connectivity index (χ3v) is 5.27. The minimum Gasteiger partial charge on any atom is -0.497 e. The number of aryl methyl sites for hydroxylation is 1. The predicted molar refractivity (Wildman–Crippen MR) is 86.9 cm³/mol. The van der Waals surface area contributed by atoms with E-state index < -0.39 is 0 Å². The second-order valence-electron chi connectivity index (χ2n) is 7.32. The van der Waals surface area contributed by atoms with E-state index in [0.717, 1.165) is 12.2 Å². The fourth-order valence-corrected chi connectivity index (χ4v) is 4.08. The molecule has 1 aromatic rings. The van der Waals surface area contributed by atoms with Gasteiger partial charge in [-0.15, -0.1) is 0 Å². The van der Waals surface area contributed by atoms with E-state index in [0.29, 0.717) is 17.5 Å². The zero-order valence-corrected chi connectivity index (χ0v) is 13.8. The molecule has 21 heavy (non-hydrogen) atoms. The normalized spacial score (nSPS) is 28.4. The number of hydrogen-bond acceptors (Lipinski definition) is 3. The van der Waals surface area contributed by atoms with E-state index in [-0.39, 0.29) is 0 Å². The predicted octanol–water partition coefficient (Wildman–Crippen LogP) is 3.00. The van der Waals surface area contributed by atoms with Crippen molar-refractivity contribution in [3.05, 3.63) is 29.3 Å². The van der Waals surface area contributed by atoms with Crippen LogP contribution in [0.1, 0.15) is 43.9 Å². The molecule has 0 amide bonds. The molecule has 3 rings (SSSR count). The van der Waals surface area contributed by atoms with Gasteiger partial charge in [-0.3, -0.25) is 4.90 Å². The Kier molecular flexibility index (Phi) is 3.98. The van der Waals surface area contributed by atoms with Crippen LogP contribution in [0.25, 0.3) is 0 Å². The Labute approximate surface area is 128 Å². The van der Waals surface area contributed by atoms with Crippen LogP contribution < -0.4 is 10.1 Å². The van der Waals surface area contributed by atoms with E-state index in [4.69, 9.17) is 4.74 Å². The van der Waals surface area contributed by atoms with Gasteiger partial charge in [-0.2, -0.15) is 0 Å². The first kappa shape index (κ1) is 14.9. The van der Waals surface area contributed by atoms with Crippen LogP contribution in [0.2, 0.25) is 0 Å². The number of nitrogens with zero attached hydrogens (tertiary/aromatic N) is 1. The summed E-state index contributed by atoms with van der Waals surface area (Å²) in [6.45, 7) is 7.24. The van der Waals surface area contributed by atoms with Gasteiger partial charge in [0, 0.05) is 18.6 Å². The van der Waals surface area contributed by atoms with Crippen molar-refractivity contribution in [2.45, 2.75) is 45.2 Å². The van der Waals surface area contributed by atoms with E-state index >= 15 is 0 Å². The van der Waals surface area contributed by atoms with Crippen molar-refractivity contribution >= 4 is 0 Å². The second kappa shape index (κ2) is 5.62. The van der Waals surface area contributed by atoms with Gasteiger partial charge in [0.2, 0.25) is 0 Å². The summed E-state index contributed by atoms with van der Waals surface area (Å²) < 4.78 is 5.37. The molecule has 1 fully saturated rings. The van der Waals surface area contributed by atoms with Crippen LogP contribution >= 0.6 is 0 Å². The van der Waals surface area contributed by atoms with Gasteiger partial charge in [0.15, 0.2) is 0 Å². The van der Waals surface area contributed by atoms with Gasteiger partial charge in [-0.05, 0) is 61.5 Å². The van der Waals surface area contributed by atoms with Gasteiger partial charge in [0.05, 0.1) is 7.11 Å². The van der Waals surface area contributed by atoms with E-state index in [2.05, 4.69) is 49.3 Å². The molecule has 3 heteroatoms. The van der Waals surface area contributed by atoms with Gasteiger partial charge in [0.25, 0.3) is 0 Å². The number of likely N-dealkylation sites (tertiary alicyclic amines) is 1. The summed E-state index contributed by atoms with van der Waals surface area (Å²) >= 11 is 0. The highest BCUT2D eigenvalue weighted by Gasteiger charge is 2.38. The molecule has 0 saturated carbocycles. The van der Waals surface area contributed by atoms with E-state index in [1.165, 1.54) is 37.1 Å². The molecule has 3 nitrogen and oxygen atoms in total. The Balaban J connectivity index is 1.85. The summed E-state index contributed by atoms with van der Waals surface area (Å²) in [4.78, 5) is 2.70. The summed E-state index contributed by atoms with van der Waals surface area (Å²) in [5.41, 5.74) is 3.38. The van der Waals surface area contributed by atoms with Crippen LogP contribution in [-0.2, 0) is 6.42 Å². The Morgan fingerprint density at radius 2 is 2.14 bits per heavy atom. The number of rotatable bonds is 3. The molecule has 0 bridgehead atoms. The second-order valence-corrected chi connectivity index (χ2v) is 7.32. The van der Waals surface area contributed by atoms with E-state index in [1.54, 1.807) is 7.11 Å². The molecule has 0 aromatic heterocycles. The van der Waals surface area contributed by atoms with Crippen LogP contribution in [0.4, 0.5) is 0 Å². The third kappa shape index (κ3) is 2.82. The highest BCUT2D eigenvalue weighted by Crippen LogP contribution is 2.39. The lowest BCUT2D eigenvalue weighted by atomic mass is 9.83. The molecule has 1 aliphatic carbocycles. The third-order valence-electron chi connectivity index (χ3n) is 5.27. The van der Waals surface area contributed by atoms with Crippen LogP contribution in [0.15, 0.2) is 18.2 Å². The minimum absolute atomic E-state index is 0.438. The molecule has 0 spiro atoms. The van der Waals surface area contributed by atoms with Crippen molar-refractivity contribution in [1.29, 1.82) is 0 Å². The fourth-order valence-electron chi connectivity index (χ4n) is 4.08. The fraction of sp³-hybridized carbons (Fsp3) is 0.667. The monoisotopic (exact) mass is 288 g/mol. The molecule has 116 valence electrons. The van der Waals surface area contributed by atoms with Crippen molar-refractivity contribution in [3.8, 4) is 5.75 Å². The highest BCUT2D eigenvalue weighted by atomic mass is 16.5. The molecule has 2 atom stereocenters. The molecule has 2 aliphatic rings. The summed E-state index contributed by atoms with van der Waals surface area (Å²) in [6, 6.07) is 7.62. The van der Waals surface area contributed by atoms with Gasteiger partial charge in [-0.25, -0.2) is 0 Å². The summed E-state index contributed by atoms with van der Waals surface area (Å²) in [7, 11) is 3.84. The first-order valence-corrected chi connectivity index (χ1v) is 8.12. The van der Waals surface area contributed by atoms with Crippen LogP contribution in [0.3, 0.4) is 0 Å². The Bertz CT molecular complexity index is 512. The number of likely N-dealkylation sites (N-methyl/N-ethyl adjacent to an activating group) is 1. The van der Waals surface area contributed by atoms with Crippen molar-refractivity contribution < 1.29 is 4.74 Å². The van der Waals surface area contributed by atoms with E-state index in [1.807, 2.05) is 0 Å². The van der Waals surface area contributed by atoms with Gasteiger partial charge < -0.3 is 10.1 Å². The van der Waals surface area contributed by atoms with Gasteiger partial charge in [0.1, 0.15) is 5.75 Å². The van der Waals surface area contributed by atoms with Crippen molar-refractivity contribution in [2.24, 2.45) is 5.41 Å². The lowest BCUT2D eigenvalue weighted by Gasteiger charge is -2.39. The highest BCUT2D eigenvalue weighted by molar-refractivity contribution is 5.40. The maximum absolute atomic E-state index is 5.37. The lowest BCUT2D eigenvalue weighted by molar-refractivity contribution is 0.161. The minimum atomic E-state index is 0.438. The largest absolute Gasteiger partial charge is 0.497 e. The zero-order valence-electron chi connectivity index (χ0n) is 13.8. The Morgan fingerprint density at radius 1 is 1.33 bits per heavy atom. The maximum Gasteiger partial charge on any atom is 0.119 e. The number of ether oxygens (including phenoxy) is 1. The SMILES string of the molecule is CNC1c2ccc(OC)cc2CCC1N1CCC(C)(C)C1. The molecule has 2 unspecified atom stereocenters. The molecule has 1 aliphatic heterocycles. The molecule has 1 aromatic carbocycles. The molecule has 1 N–H and O–H groups in total. The summed E-state index contributed by atoms with van der Waals surface area (Å²) in [5, 5.41) is 3.57. The van der Waals surface area contributed by atoms with Crippen LogP contribution in [0.5, 0.6) is 5.75 Å². The van der Waals surface area contributed by atoms with Crippen molar-refractivity contribution in [2.75, 3.05) is 27.2 Å². The number of benzene rings is 1. The molecule has 0 radical (unpaired) electrons. The Hall–Kier alpha value is -1.06.